The maximum absolute atomic E-state index is 2.47. The van der Waals surface area contributed by atoms with Crippen LogP contribution < -0.4 is 4.90 Å². The van der Waals surface area contributed by atoms with Gasteiger partial charge in [0.2, 0.25) is 0 Å². The Balaban J connectivity index is 1.26. The SMILES string of the molecule is c1ccc(-c2ccc(N(c3cccc(-c4ccc5ccccc5c4)c3-c3ccc4ccccc4c3)c3ccc(-c4ccccc4)c4ccccc34)cc2)cc1. The molecule has 0 saturated carbocycles. The lowest BCUT2D eigenvalue weighted by atomic mass is 9.89. The van der Waals surface area contributed by atoms with Gasteiger partial charge >= 0.3 is 0 Å². The van der Waals surface area contributed by atoms with E-state index in [4.69, 9.17) is 0 Å². The van der Waals surface area contributed by atoms with E-state index < -0.39 is 0 Å². The molecule has 1 nitrogen and oxygen atoms in total. The van der Waals surface area contributed by atoms with Crippen molar-refractivity contribution in [2.45, 2.75) is 0 Å². The predicted octanol–water partition coefficient (Wildman–Crippen LogP) is 15.3. The molecule has 0 radical (unpaired) electrons. The van der Waals surface area contributed by atoms with Crippen molar-refractivity contribution in [1.29, 1.82) is 0 Å². The van der Waals surface area contributed by atoms with Crippen LogP contribution in [0.3, 0.4) is 0 Å². The molecule has 55 heavy (non-hydrogen) atoms. The van der Waals surface area contributed by atoms with Gasteiger partial charge in [0.05, 0.1) is 11.4 Å². The molecule has 0 fully saturated rings. The van der Waals surface area contributed by atoms with Gasteiger partial charge < -0.3 is 4.90 Å². The summed E-state index contributed by atoms with van der Waals surface area (Å²) in [7, 11) is 0. The highest BCUT2D eigenvalue weighted by Gasteiger charge is 2.23. The first-order valence-corrected chi connectivity index (χ1v) is 18.9. The van der Waals surface area contributed by atoms with Crippen molar-refractivity contribution in [2.24, 2.45) is 0 Å². The molecular weight excluding hydrogens is 663 g/mol. The topological polar surface area (TPSA) is 3.24 Å². The third-order valence-corrected chi connectivity index (χ3v) is 10.8. The van der Waals surface area contributed by atoms with Crippen molar-refractivity contribution in [1.82, 2.24) is 0 Å². The van der Waals surface area contributed by atoms with Crippen LogP contribution in [0.15, 0.2) is 224 Å². The van der Waals surface area contributed by atoms with Crippen LogP contribution in [0.1, 0.15) is 0 Å². The van der Waals surface area contributed by atoms with Gasteiger partial charge in [-0.2, -0.15) is 0 Å². The molecule has 0 aliphatic heterocycles. The highest BCUT2D eigenvalue weighted by molar-refractivity contribution is 6.09. The van der Waals surface area contributed by atoms with Crippen molar-refractivity contribution in [3.8, 4) is 44.5 Å². The number of hydrogen-bond donors (Lipinski definition) is 0. The quantitative estimate of drug-likeness (QED) is 0.160. The Morgan fingerprint density at radius 2 is 0.782 bits per heavy atom. The van der Waals surface area contributed by atoms with Crippen molar-refractivity contribution in [2.75, 3.05) is 4.90 Å². The summed E-state index contributed by atoms with van der Waals surface area (Å²) in [5, 5.41) is 7.32. The Hall–Kier alpha value is -7.22. The normalized spacial score (nSPS) is 11.3. The second kappa shape index (κ2) is 14.0. The van der Waals surface area contributed by atoms with Crippen molar-refractivity contribution < 1.29 is 0 Å². The zero-order chi connectivity index (χ0) is 36.6. The van der Waals surface area contributed by atoms with Crippen LogP contribution in [0.2, 0.25) is 0 Å². The minimum atomic E-state index is 1.09. The minimum Gasteiger partial charge on any atom is -0.309 e. The highest BCUT2D eigenvalue weighted by Crippen LogP contribution is 2.49. The molecule has 1 heteroatoms. The Bertz CT molecular complexity index is 2960. The second-order valence-electron chi connectivity index (χ2n) is 14.1. The van der Waals surface area contributed by atoms with Gasteiger partial charge in [0, 0.05) is 16.6 Å². The van der Waals surface area contributed by atoms with E-state index >= 15 is 0 Å². The molecular formula is C54H37N. The lowest BCUT2D eigenvalue weighted by Gasteiger charge is -2.31. The molecule has 0 bridgehead atoms. The second-order valence-corrected chi connectivity index (χ2v) is 14.1. The van der Waals surface area contributed by atoms with Crippen LogP contribution in [0.25, 0.3) is 76.8 Å². The third-order valence-electron chi connectivity index (χ3n) is 10.8. The van der Waals surface area contributed by atoms with E-state index in [-0.39, 0.29) is 0 Å². The van der Waals surface area contributed by atoms with Crippen LogP contribution in [0.5, 0.6) is 0 Å². The van der Waals surface area contributed by atoms with Gasteiger partial charge in [-0.15, -0.1) is 0 Å². The summed E-state index contributed by atoms with van der Waals surface area (Å²) in [6.07, 6.45) is 0. The van der Waals surface area contributed by atoms with Crippen LogP contribution >= 0.6 is 0 Å². The van der Waals surface area contributed by atoms with Gasteiger partial charge in [-0.1, -0.05) is 188 Å². The minimum absolute atomic E-state index is 1.09. The van der Waals surface area contributed by atoms with E-state index in [2.05, 4.69) is 229 Å². The average molecular weight is 700 g/mol. The van der Waals surface area contributed by atoms with Gasteiger partial charge in [-0.25, -0.2) is 0 Å². The fraction of sp³-hybridized carbons (Fsp3) is 0. The summed E-state index contributed by atoms with van der Waals surface area (Å²) < 4.78 is 0. The van der Waals surface area contributed by atoms with Gasteiger partial charge in [-0.05, 0) is 102 Å². The lowest BCUT2D eigenvalue weighted by Crippen LogP contribution is -2.12. The van der Waals surface area contributed by atoms with E-state index in [1.165, 1.54) is 76.8 Å². The molecule has 258 valence electrons. The van der Waals surface area contributed by atoms with Crippen molar-refractivity contribution in [3.63, 3.8) is 0 Å². The van der Waals surface area contributed by atoms with E-state index in [0.29, 0.717) is 0 Å². The largest absolute Gasteiger partial charge is 0.309 e. The maximum atomic E-state index is 2.47. The fourth-order valence-electron chi connectivity index (χ4n) is 8.16. The molecule has 0 unspecified atom stereocenters. The van der Waals surface area contributed by atoms with Crippen LogP contribution in [0, 0.1) is 0 Å². The number of anilines is 3. The first kappa shape index (κ1) is 32.4. The van der Waals surface area contributed by atoms with Gasteiger partial charge in [0.15, 0.2) is 0 Å². The van der Waals surface area contributed by atoms with E-state index in [0.717, 1.165) is 17.1 Å². The summed E-state index contributed by atoms with van der Waals surface area (Å²) in [5.41, 5.74) is 12.9. The van der Waals surface area contributed by atoms with E-state index in [1.54, 1.807) is 0 Å². The third kappa shape index (κ3) is 6.02. The molecule has 0 atom stereocenters. The first-order valence-electron chi connectivity index (χ1n) is 18.9. The van der Waals surface area contributed by atoms with Crippen molar-refractivity contribution in [3.05, 3.63) is 224 Å². The molecule has 0 saturated heterocycles. The van der Waals surface area contributed by atoms with E-state index in [1.807, 2.05) is 0 Å². The molecule has 10 rings (SSSR count). The number of rotatable bonds is 7. The lowest BCUT2D eigenvalue weighted by molar-refractivity contribution is 1.30. The summed E-state index contributed by atoms with van der Waals surface area (Å²) in [4.78, 5) is 2.47. The summed E-state index contributed by atoms with van der Waals surface area (Å²) in [6.45, 7) is 0. The molecule has 0 heterocycles. The maximum Gasteiger partial charge on any atom is 0.0546 e. The Labute approximate surface area is 322 Å². The smallest absolute Gasteiger partial charge is 0.0546 e. The Morgan fingerprint density at radius 3 is 1.47 bits per heavy atom. The zero-order valence-electron chi connectivity index (χ0n) is 30.3. The summed E-state index contributed by atoms with van der Waals surface area (Å²) in [6, 6.07) is 81.6. The van der Waals surface area contributed by atoms with Gasteiger partial charge in [-0.3, -0.25) is 0 Å². The molecule has 10 aromatic carbocycles. The molecule has 10 aromatic rings. The number of benzene rings is 10. The van der Waals surface area contributed by atoms with Crippen LogP contribution in [-0.2, 0) is 0 Å². The summed E-state index contributed by atoms with van der Waals surface area (Å²) in [5.74, 6) is 0. The number of fused-ring (bicyclic) bond motifs is 3. The van der Waals surface area contributed by atoms with Gasteiger partial charge in [0.1, 0.15) is 0 Å². The van der Waals surface area contributed by atoms with E-state index in [9.17, 15) is 0 Å². The predicted molar refractivity (Wildman–Crippen MR) is 235 cm³/mol. The molecule has 0 aliphatic carbocycles. The van der Waals surface area contributed by atoms with Gasteiger partial charge in [0.25, 0.3) is 0 Å². The average Bonchev–Trinajstić information content (AvgIpc) is 3.27. The van der Waals surface area contributed by atoms with Crippen molar-refractivity contribution >= 4 is 49.4 Å². The van der Waals surface area contributed by atoms with Crippen LogP contribution in [0.4, 0.5) is 17.1 Å². The monoisotopic (exact) mass is 699 g/mol. The standard InChI is InChI=1S/C54H37N/c1-3-14-38(15-4-1)41-30-32-47(33-31-41)55(52-35-34-48(42-18-5-2-6-19-42)50-22-11-12-23-51(50)52)53-25-13-24-49(45-28-26-39-16-7-9-20-43(39)36-45)54(53)46-29-27-40-17-8-10-21-44(40)37-46/h1-37H. The molecule has 0 aromatic heterocycles. The summed E-state index contributed by atoms with van der Waals surface area (Å²) >= 11 is 0. The Morgan fingerprint density at radius 1 is 0.255 bits per heavy atom. The molecule has 0 aliphatic rings. The molecule has 0 amide bonds. The zero-order valence-corrected chi connectivity index (χ0v) is 30.3. The number of nitrogens with zero attached hydrogens (tertiary/aromatic N) is 1. The molecule has 0 N–H and O–H groups in total. The Kier molecular flexibility index (Phi) is 8.24. The first-order chi connectivity index (χ1) is 27.3. The van der Waals surface area contributed by atoms with Crippen LogP contribution in [-0.4, -0.2) is 0 Å². The fourth-order valence-corrected chi connectivity index (χ4v) is 8.16. The molecule has 0 spiro atoms. The number of hydrogen-bond acceptors (Lipinski definition) is 1. The highest BCUT2D eigenvalue weighted by atomic mass is 15.1.